The van der Waals surface area contributed by atoms with E-state index in [0.29, 0.717) is 5.92 Å². The van der Waals surface area contributed by atoms with E-state index < -0.39 is 5.41 Å². The van der Waals surface area contributed by atoms with Crippen molar-refractivity contribution in [3.8, 4) is 0 Å². The Labute approximate surface area is 116 Å². The Balaban J connectivity index is 2.53. The molecule has 2 unspecified atom stereocenters. The third kappa shape index (κ3) is 2.18. The molecule has 1 aliphatic rings. The summed E-state index contributed by atoms with van der Waals surface area (Å²) >= 11 is 0. The zero-order valence-corrected chi connectivity index (χ0v) is 12.8. The SMILES string of the molecule is COC(=O)C1(c2cc(C(C)(C)C)ccc2C)CC1C. The fraction of sp³-hybridized carbons (Fsp3) is 0.588. The fourth-order valence-corrected chi connectivity index (χ4v) is 2.95. The molecule has 1 aromatic rings. The topological polar surface area (TPSA) is 26.3 Å². The number of hydrogen-bond acceptors (Lipinski definition) is 2. The molecule has 0 heterocycles. The molecule has 1 aliphatic carbocycles. The molecule has 2 heteroatoms. The number of carbonyl (C=O) groups is 1. The van der Waals surface area contributed by atoms with Gasteiger partial charge in [0.15, 0.2) is 0 Å². The molecule has 0 aliphatic heterocycles. The van der Waals surface area contributed by atoms with Gasteiger partial charge in [-0.25, -0.2) is 0 Å². The van der Waals surface area contributed by atoms with Crippen LogP contribution in [-0.2, 0) is 20.4 Å². The smallest absolute Gasteiger partial charge is 0.316 e. The van der Waals surface area contributed by atoms with Crippen LogP contribution in [0.2, 0.25) is 0 Å². The minimum atomic E-state index is -0.403. The van der Waals surface area contributed by atoms with Gasteiger partial charge in [0.2, 0.25) is 0 Å². The molecule has 104 valence electrons. The van der Waals surface area contributed by atoms with E-state index >= 15 is 0 Å². The van der Waals surface area contributed by atoms with Gasteiger partial charge in [-0.15, -0.1) is 0 Å². The normalized spacial score (nSPS) is 26.1. The van der Waals surface area contributed by atoms with Crippen molar-refractivity contribution in [1.82, 2.24) is 0 Å². The van der Waals surface area contributed by atoms with Gasteiger partial charge in [-0.3, -0.25) is 4.79 Å². The van der Waals surface area contributed by atoms with Crippen LogP contribution in [0.25, 0.3) is 0 Å². The summed E-state index contributed by atoms with van der Waals surface area (Å²) in [5.41, 5.74) is 3.30. The standard InChI is InChI=1S/C17H24O2/c1-11-7-8-13(16(3,4)5)9-14(11)17(10-12(17)2)15(18)19-6/h7-9,12H,10H2,1-6H3. The average molecular weight is 260 g/mol. The van der Waals surface area contributed by atoms with Gasteiger partial charge < -0.3 is 4.74 Å². The second-order valence-electron chi connectivity index (χ2n) is 6.85. The molecule has 0 saturated heterocycles. The minimum absolute atomic E-state index is 0.0887. The molecular formula is C17H24O2. The first-order valence-corrected chi connectivity index (χ1v) is 6.93. The average Bonchev–Trinajstić information content (AvgIpc) is 3.00. The lowest BCUT2D eigenvalue weighted by atomic mass is 9.81. The number of aryl methyl sites for hydroxylation is 1. The molecule has 1 saturated carbocycles. The summed E-state index contributed by atoms with van der Waals surface area (Å²) in [5, 5.41) is 0. The van der Waals surface area contributed by atoms with Gasteiger partial charge in [0.1, 0.15) is 0 Å². The Kier molecular flexibility index (Phi) is 3.24. The largest absolute Gasteiger partial charge is 0.468 e. The maximum atomic E-state index is 12.2. The van der Waals surface area contributed by atoms with E-state index in [1.165, 1.54) is 18.2 Å². The molecule has 19 heavy (non-hydrogen) atoms. The number of rotatable bonds is 2. The van der Waals surface area contributed by atoms with E-state index in [2.05, 4.69) is 52.8 Å². The molecule has 2 atom stereocenters. The molecule has 2 rings (SSSR count). The highest BCUT2D eigenvalue weighted by atomic mass is 16.5. The number of ether oxygens (including phenoxy) is 1. The summed E-state index contributed by atoms with van der Waals surface area (Å²) in [6.45, 7) is 10.8. The van der Waals surface area contributed by atoms with Crippen LogP contribution in [-0.4, -0.2) is 13.1 Å². The predicted octanol–water partition coefficient (Wildman–Crippen LogP) is 3.74. The van der Waals surface area contributed by atoms with Gasteiger partial charge in [-0.2, -0.15) is 0 Å². The summed E-state index contributed by atoms with van der Waals surface area (Å²) in [4.78, 5) is 12.2. The van der Waals surface area contributed by atoms with Gasteiger partial charge in [-0.05, 0) is 41.4 Å². The summed E-state index contributed by atoms with van der Waals surface area (Å²) in [5.74, 6) is 0.281. The maximum Gasteiger partial charge on any atom is 0.316 e. The van der Waals surface area contributed by atoms with Crippen LogP contribution < -0.4 is 0 Å². The summed E-state index contributed by atoms with van der Waals surface area (Å²) in [6.07, 6.45) is 0.897. The van der Waals surface area contributed by atoms with Crippen molar-refractivity contribution in [2.45, 2.75) is 51.9 Å². The Morgan fingerprint density at radius 2 is 1.95 bits per heavy atom. The van der Waals surface area contributed by atoms with Crippen molar-refractivity contribution in [3.63, 3.8) is 0 Å². The monoisotopic (exact) mass is 260 g/mol. The van der Waals surface area contributed by atoms with Crippen molar-refractivity contribution >= 4 is 5.97 Å². The molecule has 0 aromatic heterocycles. The number of esters is 1. The van der Waals surface area contributed by atoms with Crippen LogP contribution in [0.1, 0.15) is 50.8 Å². The third-order valence-electron chi connectivity index (χ3n) is 4.44. The van der Waals surface area contributed by atoms with Crippen molar-refractivity contribution < 1.29 is 9.53 Å². The first-order chi connectivity index (χ1) is 8.73. The van der Waals surface area contributed by atoms with Crippen molar-refractivity contribution in [2.75, 3.05) is 7.11 Å². The highest BCUT2D eigenvalue weighted by Crippen LogP contribution is 2.56. The van der Waals surface area contributed by atoms with Gasteiger partial charge in [0.05, 0.1) is 12.5 Å². The van der Waals surface area contributed by atoms with Crippen LogP contribution in [0, 0.1) is 12.8 Å². The Hall–Kier alpha value is -1.31. The molecule has 1 aromatic carbocycles. The molecule has 1 fully saturated rings. The van der Waals surface area contributed by atoms with Crippen molar-refractivity contribution in [2.24, 2.45) is 5.92 Å². The molecule has 0 amide bonds. The Bertz CT molecular complexity index is 510. The van der Waals surface area contributed by atoms with Gasteiger partial charge in [0, 0.05) is 0 Å². The van der Waals surface area contributed by atoms with E-state index in [0.717, 1.165) is 12.0 Å². The van der Waals surface area contributed by atoms with Crippen LogP contribution in [0.15, 0.2) is 18.2 Å². The lowest BCUT2D eigenvalue weighted by Crippen LogP contribution is -2.26. The van der Waals surface area contributed by atoms with Gasteiger partial charge >= 0.3 is 5.97 Å². The van der Waals surface area contributed by atoms with Gasteiger partial charge in [-0.1, -0.05) is 45.9 Å². The lowest BCUT2D eigenvalue weighted by molar-refractivity contribution is -0.144. The predicted molar refractivity (Wildman–Crippen MR) is 77.4 cm³/mol. The van der Waals surface area contributed by atoms with Gasteiger partial charge in [0.25, 0.3) is 0 Å². The fourth-order valence-electron chi connectivity index (χ4n) is 2.95. The summed E-state index contributed by atoms with van der Waals surface area (Å²) < 4.78 is 5.04. The van der Waals surface area contributed by atoms with E-state index in [1.807, 2.05) is 0 Å². The number of benzene rings is 1. The second-order valence-corrected chi connectivity index (χ2v) is 6.85. The number of hydrogen-bond donors (Lipinski definition) is 0. The molecule has 0 spiro atoms. The highest BCUT2D eigenvalue weighted by molar-refractivity contribution is 5.88. The maximum absolute atomic E-state index is 12.2. The first-order valence-electron chi connectivity index (χ1n) is 6.93. The van der Waals surface area contributed by atoms with E-state index in [-0.39, 0.29) is 11.4 Å². The number of carbonyl (C=O) groups excluding carboxylic acids is 1. The Morgan fingerprint density at radius 1 is 1.37 bits per heavy atom. The van der Waals surface area contributed by atoms with Crippen LogP contribution in [0.5, 0.6) is 0 Å². The molecule has 2 nitrogen and oxygen atoms in total. The molecular weight excluding hydrogens is 236 g/mol. The van der Waals surface area contributed by atoms with E-state index in [4.69, 9.17) is 4.74 Å². The van der Waals surface area contributed by atoms with Crippen molar-refractivity contribution in [1.29, 1.82) is 0 Å². The van der Waals surface area contributed by atoms with Crippen LogP contribution >= 0.6 is 0 Å². The minimum Gasteiger partial charge on any atom is -0.468 e. The molecule has 0 radical (unpaired) electrons. The quantitative estimate of drug-likeness (QED) is 0.757. The Morgan fingerprint density at radius 3 is 2.37 bits per heavy atom. The van der Waals surface area contributed by atoms with Crippen LogP contribution in [0.3, 0.4) is 0 Å². The lowest BCUT2D eigenvalue weighted by Gasteiger charge is -2.24. The van der Waals surface area contributed by atoms with Crippen molar-refractivity contribution in [3.05, 3.63) is 34.9 Å². The summed E-state index contributed by atoms with van der Waals surface area (Å²) in [7, 11) is 1.48. The zero-order chi connectivity index (χ0) is 14.4. The molecule has 0 bridgehead atoms. The third-order valence-corrected chi connectivity index (χ3v) is 4.44. The second kappa shape index (κ2) is 4.36. The molecule has 0 N–H and O–H groups in total. The zero-order valence-electron chi connectivity index (χ0n) is 12.8. The van der Waals surface area contributed by atoms with E-state index in [1.54, 1.807) is 0 Å². The first kappa shape index (κ1) is 14.1. The summed E-state index contributed by atoms with van der Waals surface area (Å²) in [6, 6.07) is 6.50. The van der Waals surface area contributed by atoms with Crippen LogP contribution in [0.4, 0.5) is 0 Å². The number of methoxy groups -OCH3 is 1. The van der Waals surface area contributed by atoms with E-state index in [9.17, 15) is 4.79 Å². The highest BCUT2D eigenvalue weighted by Gasteiger charge is 2.60.